The molecule has 0 aromatic carbocycles. The average Bonchev–Trinajstić information content (AvgIpc) is 2.62. The van der Waals surface area contributed by atoms with Gasteiger partial charge in [0.2, 0.25) is 0 Å². The zero-order chi connectivity index (χ0) is 15.0. The monoisotopic (exact) mass is 406 g/mol. The molecule has 1 aromatic rings. The molecule has 0 radical (unpaired) electrons. The van der Waals surface area contributed by atoms with Crippen molar-refractivity contribution in [3.8, 4) is 0 Å². The summed E-state index contributed by atoms with van der Waals surface area (Å²) in [6, 6.07) is 2.08. The standard InChI is InChI=1S/C17H21BrCl2S/c1-15-4-10-5-16(2,7-15)9-17(6-10,8-15)13(18)11-3-12(19)21-14(11)20/h3,10,13H,4-9H2,1-2H3. The van der Waals surface area contributed by atoms with Crippen LogP contribution in [-0.2, 0) is 0 Å². The Morgan fingerprint density at radius 1 is 1.14 bits per heavy atom. The maximum atomic E-state index is 6.45. The van der Waals surface area contributed by atoms with Crippen LogP contribution < -0.4 is 0 Å². The fraction of sp³-hybridized carbons (Fsp3) is 0.765. The van der Waals surface area contributed by atoms with E-state index in [1.807, 2.05) is 0 Å². The first-order valence-electron chi connectivity index (χ1n) is 7.82. The fourth-order valence-electron chi connectivity index (χ4n) is 6.67. The van der Waals surface area contributed by atoms with Crippen LogP contribution in [0.5, 0.6) is 0 Å². The molecule has 0 saturated heterocycles. The minimum absolute atomic E-state index is 0.350. The van der Waals surface area contributed by atoms with Crippen molar-refractivity contribution in [3.63, 3.8) is 0 Å². The molecule has 4 fully saturated rings. The van der Waals surface area contributed by atoms with E-state index in [0.29, 0.717) is 21.1 Å². The van der Waals surface area contributed by atoms with Crippen molar-refractivity contribution < 1.29 is 0 Å². The molecule has 5 rings (SSSR count). The molecule has 21 heavy (non-hydrogen) atoms. The van der Waals surface area contributed by atoms with Crippen LogP contribution in [-0.4, -0.2) is 0 Å². The molecule has 1 aromatic heterocycles. The van der Waals surface area contributed by atoms with Crippen LogP contribution >= 0.6 is 50.5 Å². The highest BCUT2D eigenvalue weighted by Crippen LogP contribution is 2.73. The smallest absolute Gasteiger partial charge is 0.0987 e. The van der Waals surface area contributed by atoms with Gasteiger partial charge < -0.3 is 0 Å². The van der Waals surface area contributed by atoms with Crippen molar-refractivity contribution in [2.75, 3.05) is 0 Å². The van der Waals surface area contributed by atoms with Crippen molar-refractivity contribution in [2.24, 2.45) is 22.2 Å². The van der Waals surface area contributed by atoms with Gasteiger partial charge in [0, 0.05) is 4.83 Å². The molecule has 4 aliphatic rings. The summed E-state index contributed by atoms with van der Waals surface area (Å²) in [6.07, 6.45) is 8.32. The quantitative estimate of drug-likeness (QED) is 0.445. The fourth-order valence-corrected chi connectivity index (χ4v) is 9.36. The molecule has 4 bridgehead atoms. The molecule has 4 heteroatoms. The lowest BCUT2D eigenvalue weighted by Crippen LogP contribution is -2.56. The Hall–Kier alpha value is 0.760. The van der Waals surface area contributed by atoms with E-state index < -0.39 is 0 Å². The third-order valence-electron chi connectivity index (χ3n) is 6.16. The molecule has 3 unspecified atom stereocenters. The highest BCUT2D eigenvalue weighted by atomic mass is 79.9. The topological polar surface area (TPSA) is 0 Å². The minimum atomic E-state index is 0.350. The molecular formula is C17H21BrCl2S. The van der Waals surface area contributed by atoms with E-state index >= 15 is 0 Å². The van der Waals surface area contributed by atoms with Gasteiger partial charge in [-0.15, -0.1) is 11.3 Å². The minimum Gasteiger partial charge on any atom is -0.111 e. The van der Waals surface area contributed by atoms with Gasteiger partial charge in [0.15, 0.2) is 0 Å². The Morgan fingerprint density at radius 2 is 1.76 bits per heavy atom. The maximum Gasteiger partial charge on any atom is 0.0987 e. The lowest BCUT2D eigenvalue weighted by atomic mass is 9.39. The van der Waals surface area contributed by atoms with Crippen LogP contribution in [0, 0.1) is 22.2 Å². The molecule has 0 aliphatic heterocycles. The molecule has 3 atom stereocenters. The normalized spacial score (nSPS) is 46.0. The first-order valence-corrected chi connectivity index (χ1v) is 10.3. The van der Waals surface area contributed by atoms with Crippen molar-refractivity contribution >= 4 is 50.5 Å². The largest absolute Gasteiger partial charge is 0.111 e. The van der Waals surface area contributed by atoms with Crippen LogP contribution in [0.3, 0.4) is 0 Å². The summed E-state index contributed by atoms with van der Waals surface area (Å²) in [6.45, 7) is 5.04. The van der Waals surface area contributed by atoms with Gasteiger partial charge in [-0.25, -0.2) is 0 Å². The number of thiophene rings is 1. The van der Waals surface area contributed by atoms with Crippen LogP contribution in [0.2, 0.25) is 8.67 Å². The Bertz CT molecular complexity index is 578. The Labute approximate surface area is 149 Å². The molecule has 0 N–H and O–H groups in total. The van der Waals surface area contributed by atoms with E-state index in [1.165, 1.54) is 55.4 Å². The lowest BCUT2D eigenvalue weighted by Gasteiger charge is -2.66. The number of hydrogen-bond donors (Lipinski definition) is 0. The third-order valence-corrected chi connectivity index (χ3v) is 9.15. The van der Waals surface area contributed by atoms with Gasteiger partial charge in [-0.05, 0) is 72.3 Å². The second-order valence-corrected chi connectivity index (χ2v) is 11.8. The molecule has 4 saturated carbocycles. The average molecular weight is 408 g/mol. The van der Waals surface area contributed by atoms with Crippen LogP contribution in [0.1, 0.15) is 62.8 Å². The summed E-state index contributed by atoms with van der Waals surface area (Å²) in [4.78, 5) is 0.350. The zero-order valence-electron chi connectivity index (χ0n) is 12.5. The summed E-state index contributed by atoms with van der Waals surface area (Å²) >= 11 is 18.2. The van der Waals surface area contributed by atoms with Crippen LogP contribution in [0.25, 0.3) is 0 Å². The molecule has 0 spiro atoms. The van der Waals surface area contributed by atoms with Gasteiger partial charge >= 0.3 is 0 Å². The molecule has 116 valence electrons. The Morgan fingerprint density at radius 3 is 2.24 bits per heavy atom. The van der Waals surface area contributed by atoms with E-state index in [9.17, 15) is 0 Å². The molecule has 0 nitrogen and oxygen atoms in total. The van der Waals surface area contributed by atoms with Gasteiger partial charge in [-0.3, -0.25) is 0 Å². The van der Waals surface area contributed by atoms with Crippen molar-refractivity contribution in [3.05, 3.63) is 20.3 Å². The second kappa shape index (κ2) is 4.65. The van der Waals surface area contributed by atoms with E-state index in [1.54, 1.807) is 0 Å². The highest BCUT2D eigenvalue weighted by molar-refractivity contribution is 9.09. The molecule has 1 heterocycles. The Balaban J connectivity index is 1.75. The van der Waals surface area contributed by atoms with Gasteiger partial charge in [0.1, 0.15) is 0 Å². The van der Waals surface area contributed by atoms with Gasteiger partial charge in [-0.2, -0.15) is 0 Å². The highest BCUT2D eigenvalue weighted by Gasteiger charge is 2.62. The van der Waals surface area contributed by atoms with Crippen LogP contribution in [0.4, 0.5) is 0 Å². The summed E-state index contributed by atoms with van der Waals surface area (Å²) in [5, 5.41) is 0. The lowest BCUT2D eigenvalue weighted by molar-refractivity contribution is -0.144. The van der Waals surface area contributed by atoms with Gasteiger partial charge in [0.05, 0.1) is 8.67 Å². The maximum absolute atomic E-state index is 6.45. The summed E-state index contributed by atoms with van der Waals surface area (Å²) in [7, 11) is 0. The number of alkyl halides is 1. The van der Waals surface area contributed by atoms with E-state index in [2.05, 4.69) is 35.8 Å². The van der Waals surface area contributed by atoms with Crippen molar-refractivity contribution in [1.29, 1.82) is 0 Å². The Kier molecular flexibility index (Phi) is 3.39. The zero-order valence-corrected chi connectivity index (χ0v) is 16.4. The molecule has 0 amide bonds. The van der Waals surface area contributed by atoms with E-state index in [0.717, 1.165) is 14.6 Å². The van der Waals surface area contributed by atoms with Crippen molar-refractivity contribution in [1.82, 2.24) is 0 Å². The summed E-state index contributed by atoms with van der Waals surface area (Å²) in [5.41, 5.74) is 2.66. The van der Waals surface area contributed by atoms with Crippen LogP contribution in [0.15, 0.2) is 6.07 Å². The van der Waals surface area contributed by atoms with E-state index in [4.69, 9.17) is 23.2 Å². The first-order chi connectivity index (χ1) is 9.73. The summed E-state index contributed by atoms with van der Waals surface area (Å²) < 4.78 is 1.68. The van der Waals surface area contributed by atoms with E-state index in [-0.39, 0.29) is 0 Å². The summed E-state index contributed by atoms with van der Waals surface area (Å²) in [5.74, 6) is 0.907. The predicted molar refractivity (Wildman–Crippen MR) is 95.8 cm³/mol. The molecule has 4 aliphatic carbocycles. The predicted octanol–water partition coefficient (Wildman–Crippen LogP) is 7.49. The first kappa shape index (κ1) is 15.3. The second-order valence-electron chi connectivity index (χ2n) is 8.63. The van der Waals surface area contributed by atoms with Gasteiger partial charge in [0.25, 0.3) is 0 Å². The number of halogens is 3. The number of rotatable bonds is 2. The third kappa shape index (κ3) is 2.35. The van der Waals surface area contributed by atoms with Gasteiger partial charge in [-0.1, -0.05) is 53.0 Å². The van der Waals surface area contributed by atoms with Crippen molar-refractivity contribution in [2.45, 2.75) is 57.2 Å². The molecular weight excluding hydrogens is 387 g/mol. The SMILES string of the molecule is CC12CC3CC(C)(C1)CC(C(Br)c1cc(Cl)sc1Cl)(C3)C2. The number of hydrogen-bond acceptors (Lipinski definition) is 1.